The summed E-state index contributed by atoms with van der Waals surface area (Å²) in [5, 5.41) is 20.9. The first-order chi connectivity index (χ1) is 7.60. The number of aliphatic hydroxyl groups is 1. The molecule has 0 unspecified atom stereocenters. The Balaban J connectivity index is 2.78. The number of amides is 1. The smallest absolute Gasteiger partial charge is 0.225 e. The van der Waals surface area contributed by atoms with Crippen LogP contribution in [0.1, 0.15) is 28.8 Å². The minimum atomic E-state index is -0.160. The molecule has 4 nitrogen and oxygen atoms in total. The number of carbonyl (C=O) groups excluding carboxylic acids is 1. The van der Waals surface area contributed by atoms with Gasteiger partial charge in [-0.15, -0.1) is 11.3 Å². The second kappa shape index (κ2) is 5.64. The summed E-state index contributed by atoms with van der Waals surface area (Å²) in [4.78, 5) is 12.5. The molecule has 0 aliphatic heterocycles. The fraction of sp³-hybridized carbons (Fsp3) is 0.455. The minimum absolute atomic E-state index is 0.00102. The lowest BCUT2D eigenvalue weighted by Gasteiger charge is -2.01. The molecule has 1 rings (SSSR count). The van der Waals surface area contributed by atoms with E-state index in [1.807, 2.05) is 13.8 Å². The van der Waals surface area contributed by atoms with E-state index in [1.54, 1.807) is 0 Å². The summed E-state index contributed by atoms with van der Waals surface area (Å²) in [5.41, 5.74) is 1.46. The molecule has 16 heavy (non-hydrogen) atoms. The molecule has 0 spiro atoms. The van der Waals surface area contributed by atoms with Crippen LogP contribution < -0.4 is 5.32 Å². The summed E-state index contributed by atoms with van der Waals surface area (Å²) in [5.74, 6) is -0.160. The second-order valence-corrected chi connectivity index (χ2v) is 4.70. The Morgan fingerprint density at radius 1 is 1.56 bits per heavy atom. The summed E-state index contributed by atoms with van der Waals surface area (Å²) in [7, 11) is 0. The largest absolute Gasteiger partial charge is 0.396 e. The maximum atomic E-state index is 11.4. The van der Waals surface area contributed by atoms with Crippen LogP contribution in [0, 0.1) is 25.2 Å². The van der Waals surface area contributed by atoms with Crippen molar-refractivity contribution in [1.29, 1.82) is 5.26 Å². The van der Waals surface area contributed by atoms with Crippen molar-refractivity contribution in [3.63, 3.8) is 0 Å². The molecule has 0 saturated heterocycles. The van der Waals surface area contributed by atoms with Gasteiger partial charge in [0.2, 0.25) is 5.91 Å². The van der Waals surface area contributed by atoms with Gasteiger partial charge in [0.25, 0.3) is 0 Å². The zero-order valence-electron chi connectivity index (χ0n) is 9.33. The molecule has 0 fully saturated rings. The Bertz CT molecular complexity index is 432. The number of thiophene rings is 1. The first-order valence-electron chi connectivity index (χ1n) is 5.01. The molecule has 2 N–H and O–H groups in total. The van der Waals surface area contributed by atoms with Crippen molar-refractivity contribution >= 4 is 22.2 Å². The van der Waals surface area contributed by atoms with Gasteiger partial charge in [-0.1, -0.05) is 0 Å². The van der Waals surface area contributed by atoms with E-state index in [2.05, 4.69) is 11.4 Å². The number of carbonyl (C=O) groups is 1. The van der Waals surface area contributed by atoms with E-state index in [4.69, 9.17) is 10.4 Å². The predicted octanol–water partition coefficient (Wildman–Crippen LogP) is 1.95. The molecule has 0 aromatic carbocycles. The number of hydrogen-bond donors (Lipinski definition) is 2. The van der Waals surface area contributed by atoms with E-state index in [0.717, 1.165) is 10.4 Å². The summed E-state index contributed by atoms with van der Waals surface area (Å²) < 4.78 is 0. The van der Waals surface area contributed by atoms with Gasteiger partial charge < -0.3 is 10.4 Å². The Morgan fingerprint density at radius 2 is 2.25 bits per heavy atom. The quantitative estimate of drug-likeness (QED) is 0.842. The van der Waals surface area contributed by atoms with Crippen LogP contribution in [0.3, 0.4) is 0 Å². The van der Waals surface area contributed by atoms with Gasteiger partial charge in [-0.2, -0.15) is 5.26 Å². The van der Waals surface area contributed by atoms with Crippen LogP contribution in [-0.2, 0) is 4.79 Å². The number of nitriles is 1. The van der Waals surface area contributed by atoms with Crippen LogP contribution in [0.25, 0.3) is 0 Å². The monoisotopic (exact) mass is 238 g/mol. The SMILES string of the molecule is Cc1sc(NC(=O)CCCO)c(C#N)c1C. The molecule has 1 heterocycles. The number of aryl methyl sites for hydroxylation is 1. The van der Waals surface area contributed by atoms with E-state index in [0.29, 0.717) is 17.0 Å². The van der Waals surface area contributed by atoms with Crippen LogP contribution in [0.5, 0.6) is 0 Å². The molecular formula is C11H14N2O2S. The number of nitrogens with zero attached hydrogens (tertiary/aromatic N) is 1. The van der Waals surface area contributed by atoms with Gasteiger partial charge in [-0.3, -0.25) is 4.79 Å². The van der Waals surface area contributed by atoms with Gasteiger partial charge in [0, 0.05) is 17.9 Å². The molecule has 1 aromatic rings. The average molecular weight is 238 g/mol. The standard InChI is InChI=1S/C11H14N2O2S/c1-7-8(2)16-11(9(7)6-12)13-10(15)4-3-5-14/h14H,3-5H2,1-2H3,(H,13,15). The maximum Gasteiger partial charge on any atom is 0.225 e. The van der Waals surface area contributed by atoms with E-state index < -0.39 is 0 Å². The van der Waals surface area contributed by atoms with Crippen molar-refractivity contribution in [3.05, 3.63) is 16.0 Å². The van der Waals surface area contributed by atoms with Gasteiger partial charge >= 0.3 is 0 Å². The lowest BCUT2D eigenvalue weighted by molar-refractivity contribution is -0.116. The normalized spacial score (nSPS) is 9.88. The Labute approximate surface area is 98.5 Å². The van der Waals surface area contributed by atoms with Crippen LogP contribution in [0.15, 0.2) is 0 Å². The second-order valence-electron chi connectivity index (χ2n) is 3.47. The van der Waals surface area contributed by atoms with Crippen LogP contribution >= 0.6 is 11.3 Å². The highest BCUT2D eigenvalue weighted by molar-refractivity contribution is 7.16. The average Bonchev–Trinajstić information content (AvgIpc) is 2.51. The Hall–Kier alpha value is -1.38. The van der Waals surface area contributed by atoms with Crippen molar-refractivity contribution in [2.24, 2.45) is 0 Å². The molecule has 5 heteroatoms. The minimum Gasteiger partial charge on any atom is -0.396 e. The lowest BCUT2D eigenvalue weighted by atomic mass is 10.2. The molecular weight excluding hydrogens is 224 g/mol. The van der Waals surface area contributed by atoms with Gasteiger partial charge in [-0.05, 0) is 25.8 Å². The molecule has 86 valence electrons. The van der Waals surface area contributed by atoms with Crippen molar-refractivity contribution in [3.8, 4) is 6.07 Å². The van der Waals surface area contributed by atoms with Crippen molar-refractivity contribution in [2.45, 2.75) is 26.7 Å². The number of nitrogens with one attached hydrogen (secondary N) is 1. The molecule has 0 radical (unpaired) electrons. The number of rotatable bonds is 4. The highest BCUT2D eigenvalue weighted by atomic mass is 32.1. The Morgan fingerprint density at radius 3 is 2.81 bits per heavy atom. The fourth-order valence-corrected chi connectivity index (χ4v) is 2.31. The van der Waals surface area contributed by atoms with Crippen molar-refractivity contribution < 1.29 is 9.90 Å². The molecule has 1 aromatic heterocycles. The van der Waals surface area contributed by atoms with Crippen LogP contribution in [0.2, 0.25) is 0 Å². The molecule has 0 aliphatic rings. The third-order valence-corrected chi connectivity index (χ3v) is 3.43. The van der Waals surface area contributed by atoms with Crippen LogP contribution in [-0.4, -0.2) is 17.6 Å². The molecule has 0 saturated carbocycles. The van der Waals surface area contributed by atoms with Gasteiger partial charge in [0.15, 0.2) is 0 Å². The summed E-state index contributed by atoms with van der Waals surface area (Å²) in [6, 6.07) is 2.09. The number of hydrogen-bond acceptors (Lipinski definition) is 4. The van der Waals surface area contributed by atoms with E-state index in [-0.39, 0.29) is 18.9 Å². The first-order valence-corrected chi connectivity index (χ1v) is 5.82. The number of anilines is 1. The molecule has 1 amide bonds. The Kier molecular flexibility index (Phi) is 4.47. The number of aliphatic hydroxyl groups excluding tert-OH is 1. The van der Waals surface area contributed by atoms with Crippen LogP contribution in [0.4, 0.5) is 5.00 Å². The summed E-state index contributed by atoms with van der Waals surface area (Å²) in [6.07, 6.45) is 0.717. The molecule has 0 atom stereocenters. The summed E-state index contributed by atoms with van der Waals surface area (Å²) >= 11 is 1.41. The lowest BCUT2D eigenvalue weighted by Crippen LogP contribution is -2.11. The zero-order valence-corrected chi connectivity index (χ0v) is 10.1. The van der Waals surface area contributed by atoms with E-state index in [9.17, 15) is 4.79 Å². The molecule has 0 bridgehead atoms. The topological polar surface area (TPSA) is 73.1 Å². The zero-order chi connectivity index (χ0) is 12.1. The summed E-state index contributed by atoms with van der Waals surface area (Å²) in [6.45, 7) is 3.79. The van der Waals surface area contributed by atoms with Crippen molar-refractivity contribution in [1.82, 2.24) is 0 Å². The van der Waals surface area contributed by atoms with E-state index in [1.165, 1.54) is 11.3 Å². The third kappa shape index (κ3) is 2.81. The van der Waals surface area contributed by atoms with Gasteiger partial charge in [0.05, 0.1) is 5.56 Å². The maximum absolute atomic E-state index is 11.4. The van der Waals surface area contributed by atoms with Gasteiger partial charge in [0.1, 0.15) is 11.1 Å². The highest BCUT2D eigenvalue weighted by Crippen LogP contribution is 2.31. The molecule has 0 aliphatic carbocycles. The third-order valence-electron chi connectivity index (χ3n) is 2.31. The van der Waals surface area contributed by atoms with Crippen molar-refractivity contribution in [2.75, 3.05) is 11.9 Å². The highest BCUT2D eigenvalue weighted by Gasteiger charge is 2.13. The van der Waals surface area contributed by atoms with Gasteiger partial charge in [-0.25, -0.2) is 0 Å². The fourth-order valence-electron chi connectivity index (χ4n) is 1.28. The first kappa shape index (κ1) is 12.7. The predicted molar refractivity (Wildman–Crippen MR) is 63.5 cm³/mol. The van der Waals surface area contributed by atoms with E-state index >= 15 is 0 Å².